The van der Waals surface area contributed by atoms with Crippen LogP contribution in [0.4, 0.5) is 10.1 Å². The highest BCUT2D eigenvalue weighted by molar-refractivity contribution is 6.49. The summed E-state index contributed by atoms with van der Waals surface area (Å²) in [6, 6.07) is 0. The van der Waals surface area contributed by atoms with Crippen molar-refractivity contribution in [1.82, 2.24) is 0 Å². The monoisotopic (exact) mass is 277 g/mol. The predicted molar refractivity (Wildman–Crippen MR) is 53.1 cm³/mol. The van der Waals surface area contributed by atoms with Gasteiger partial charge in [0.15, 0.2) is 5.82 Å². The first-order chi connectivity index (χ1) is 6.37. The van der Waals surface area contributed by atoms with Gasteiger partial charge in [0.2, 0.25) is 0 Å². The molecule has 0 aromatic heterocycles. The van der Waals surface area contributed by atoms with E-state index in [0.717, 1.165) is 0 Å². The minimum Gasteiger partial charge on any atom is -0.258 e. The Hall–Kier alpha value is -0.290. The number of hydrogen-bond acceptors (Lipinski definition) is 2. The van der Waals surface area contributed by atoms with Crippen LogP contribution in [0.1, 0.15) is 0 Å². The molecule has 0 bridgehead atoms. The van der Waals surface area contributed by atoms with E-state index in [1.54, 1.807) is 0 Å². The first-order valence-electron chi connectivity index (χ1n) is 3.03. The van der Waals surface area contributed by atoms with Crippen LogP contribution in [0.5, 0.6) is 0 Å². The van der Waals surface area contributed by atoms with Gasteiger partial charge in [0, 0.05) is 0 Å². The fourth-order valence-corrected chi connectivity index (χ4v) is 1.71. The first-order valence-corrected chi connectivity index (χ1v) is 4.55. The molecular weight excluding hydrogens is 279 g/mol. The van der Waals surface area contributed by atoms with E-state index in [-0.39, 0.29) is 0 Å². The van der Waals surface area contributed by atoms with Gasteiger partial charge in [-0.3, -0.25) is 10.1 Å². The maximum absolute atomic E-state index is 13.0. The Morgan fingerprint density at radius 1 is 1.00 bits per heavy atom. The summed E-state index contributed by atoms with van der Waals surface area (Å²) in [5.41, 5.74) is -0.704. The first kappa shape index (κ1) is 11.8. The molecule has 0 heterocycles. The topological polar surface area (TPSA) is 43.1 Å². The molecule has 1 aromatic rings. The lowest BCUT2D eigenvalue weighted by Gasteiger charge is -2.04. The van der Waals surface area contributed by atoms with Crippen molar-refractivity contribution in [3.8, 4) is 0 Å². The van der Waals surface area contributed by atoms with Gasteiger partial charge in [-0.2, -0.15) is 0 Å². The third-order valence-corrected chi connectivity index (χ3v) is 3.01. The zero-order chi connectivity index (χ0) is 11.0. The van der Waals surface area contributed by atoms with E-state index in [1.807, 2.05) is 0 Å². The van der Waals surface area contributed by atoms with Crippen LogP contribution in [0, 0.1) is 15.9 Å². The van der Waals surface area contributed by atoms with E-state index in [9.17, 15) is 14.5 Å². The van der Waals surface area contributed by atoms with E-state index in [0.29, 0.717) is 0 Å². The predicted octanol–water partition coefficient (Wildman–Crippen LogP) is 4.35. The second kappa shape index (κ2) is 4.06. The Balaban J connectivity index is 3.68. The molecule has 0 atom stereocenters. The molecule has 1 rings (SSSR count). The molecule has 76 valence electrons. The van der Waals surface area contributed by atoms with E-state index >= 15 is 0 Å². The highest BCUT2D eigenvalue weighted by Gasteiger charge is 2.27. The number of nitro groups is 1. The molecule has 8 heteroatoms. The van der Waals surface area contributed by atoms with Gasteiger partial charge in [-0.15, -0.1) is 0 Å². The molecule has 0 fully saturated rings. The molecule has 0 aliphatic heterocycles. The van der Waals surface area contributed by atoms with Crippen LogP contribution in [-0.2, 0) is 0 Å². The van der Waals surface area contributed by atoms with Crippen molar-refractivity contribution < 1.29 is 9.31 Å². The Labute approximate surface area is 97.5 Å². The zero-order valence-electron chi connectivity index (χ0n) is 6.15. The molecule has 14 heavy (non-hydrogen) atoms. The molecule has 0 unspecified atom stereocenters. The van der Waals surface area contributed by atoms with Crippen molar-refractivity contribution in [1.29, 1.82) is 0 Å². The highest BCUT2D eigenvalue weighted by Crippen LogP contribution is 2.44. The summed E-state index contributed by atoms with van der Waals surface area (Å²) in [7, 11) is 0. The zero-order valence-corrected chi connectivity index (χ0v) is 9.18. The van der Waals surface area contributed by atoms with Crippen molar-refractivity contribution in [2.75, 3.05) is 0 Å². The minimum atomic E-state index is -1.08. The maximum atomic E-state index is 13.0. The standard InChI is InChI=1S/C6Cl4FNO2/c7-1-3(9)6(12(13)14)4(10)2(8)5(1)11. The van der Waals surface area contributed by atoms with Gasteiger partial charge in [-0.25, -0.2) is 4.39 Å². The van der Waals surface area contributed by atoms with Crippen molar-refractivity contribution in [2.45, 2.75) is 0 Å². The summed E-state index contributed by atoms with van der Waals surface area (Å²) in [6.45, 7) is 0. The smallest absolute Gasteiger partial charge is 0.258 e. The number of halogens is 5. The van der Waals surface area contributed by atoms with Gasteiger partial charge in [-0.05, 0) is 0 Å². The molecule has 0 N–H and O–H groups in total. The molecule has 0 amide bonds. The largest absolute Gasteiger partial charge is 0.309 e. The van der Waals surface area contributed by atoms with Crippen molar-refractivity contribution in [3.05, 3.63) is 36.0 Å². The van der Waals surface area contributed by atoms with Gasteiger partial charge in [0.1, 0.15) is 20.1 Å². The van der Waals surface area contributed by atoms with E-state index in [4.69, 9.17) is 46.4 Å². The van der Waals surface area contributed by atoms with Crippen molar-refractivity contribution in [2.24, 2.45) is 0 Å². The van der Waals surface area contributed by atoms with Gasteiger partial charge >= 0.3 is 5.69 Å². The average Bonchev–Trinajstić information content (AvgIpc) is 2.11. The summed E-state index contributed by atoms with van der Waals surface area (Å²) < 4.78 is 13.0. The van der Waals surface area contributed by atoms with E-state index in [2.05, 4.69) is 0 Å². The molecule has 3 nitrogen and oxygen atoms in total. The summed E-state index contributed by atoms with van der Waals surface area (Å²) in [6.07, 6.45) is 0. The minimum absolute atomic E-state index is 0.566. The van der Waals surface area contributed by atoms with Gasteiger partial charge in [-0.1, -0.05) is 46.4 Å². The molecule has 0 saturated carbocycles. The van der Waals surface area contributed by atoms with Crippen LogP contribution in [0.3, 0.4) is 0 Å². The van der Waals surface area contributed by atoms with Crippen molar-refractivity contribution in [3.63, 3.8) is 0 Å². The Morgan fingerprint density at radius 3 is 1.64 bits per heavy atom. The number of nitrogens with zero attached hydrogens (tertiary/aromatic N) is 1. The van der Waals surface area contributed by atoms with Gasteiger partial charge in [0.05, 0.1) is 4.92 Å². The molecular formula is C6Cl4FNO2. The van der Waals surface area contributed by atoms with E-state index in [1.165, 1.54) is 0 Å². The normalized spacial score (nSPS) is 10.4. The third-order valence-electron chi connectivity index (χ3n) is 1.37. The summed E-state index contributed by atoms with van der Waals surface area (Å²) >= 11 is 21.5. The third kappa shape index (κ3) is 1.75. The summed E-state index contributed by atoms with van der Waals surface area (Å²) in [5, 5.41) is 8.09. The van der Waals surface area contributed by atoms with Crippen molar-refractivity contribution >= 4 is 52.1 Å². The van der Waals surface area contributed by atoms with Crippen LogP contribution in [0.25, 0.3) is 0 Å². The fourth-order valence-electron chi connectivity index (χ4n) is 0.754. The molecule has 0 radical (unpaired) electrons. The molecule has 0 aliphatic rings. The Morgan fingerprint density at radius 2 is 1.36 bits per heavy atom. The van der Waals surface area contributed by atoms with Crippen LogP contribution in [0.15, 0.2) is 0 Å². The van der Waals surface area contributed by atoms with Crippen LogP contribution >= 0.6 is 46.4 Å². The van der Waals surface area contributed by atoms with Crippen LogP contribution in [-0.4, -0.2) is 4.92 Å². The second-order valence-corrected chi connectivity index (χ2v) is 3.69. The maximum Gasteiger partial charge on any atom is 0.309 e. The lowest BCUT2D eigenvalue weighted by Crippen LogP contribution is -1.94. The lowest BCUT2D eigenvalue weighted by atomic mass is 10.3. The Kier molecular flexibility index (Phi) is 3.42. The molecule has 0 saturated heterocycles. The molecule has 0 spiro atoms. The van der Waals surface area contributed by atoms with E-state index < -0.39 is 36.5 Å². The van der Waals surface area contributed by atoms with Gasteiger partial charge in [0.25, 0.3) is 0 Å². The SMILES string of the molecule is O=[N+]([O-])c1c(Cl)c(Cl)c(F)c(Cl)c1Cl. The number of nitro benzene ring substituents is 1. The number of rotatable bonds is 1. The molecule has 1 aromatic carbocycles. The fraction of sp³-hybridized carbons (Fsp3) is 0. The van der Waals surface area contributed by atoms with Crippen LogP contribution in [0.2, 0.25) is 20.1 Å². The molecule has 0 aliphatic carbocycles. The number of benzene rings is 1. The second-order valence-electron chi connectivity index (χ2n) is 2.18. The summed E-state index contributed by atoms with van der Waals surface area (Å²) in [5.74, 6) is -1.08. The highest BCUT2D eigenvalue weighted by atomic mass is 35.5. The summed E-state index contributed by atoms with van der Waals surface area (Å²) in [4.78, 5) is 9.57. The van der Waals surface area contributed by atoms with Crippen LogP contribution < -0.4 is 0 Å². The average molecular weight is 279 g/mol. The Bertz CT molecular complexity index is 394. The lowest BCUT2D eigenvalue weighted by molar-refractivity contribution is -0.384. The van der Waals surface area contributed by atoms with Gasteiger partial charge < -0.3 is 0 Å². The quantitative estimate of drug-likeness (QED) is 0.332. The number of hydrogen-bond donors (Lipinski definition) is 0.